The predicted octanol–water partition coefficient (Wildman–Crippen LogP) is 1.91. The van der Waals surface area contributed by atoms with Gasteiger partial charge in [-0.05, 0) is 12.1 Å². The van der Waals surface area contributed by atoms with Crippen molar-refractivity contribution in [3.63, 3.8) is 0 Å². The molecule has 1 unspecified atom stereocenters. The van der Waals surface area contributed by atoms with E-state index in [1.807, 2.05) is 0 Å². The summed E-state index contributed by atoms with van der Waals surface area (Å²) in [6, 6.07) is 7.94. The lowest BCUT2D eigenvalue weighted by Gasteiger charge is -2.34. The molecule has 2 aliphatic rings. The number of ether oxygens (including phenoxy) is 1. The summed E-state index contributed by atoms with van der Waals surface area (Å²) in [4.78, 5) is 15.4. The third-order valence-corrected chi connectivity index (χ3v) is 7.09. The van der Waals surface area contributed by atoms with Gasteiger partial charge in [0.15, 0.2) is 18.0 Å². The second-order valence-electron chi connectivity index (χ2n) is 6.89. The van der Waals surface area contributed by atoms with E-state index in [2.05, 4.69) is 4.98 Å². The molecule has 4 rings (SSSR count). The number of nitrogens with zero attached hydrogens (tertiary/aromatic N) is 2. The van der Waals surface area contributed by atoms with Crippen LogP contribution in [0, 0.1) is 0 Å². The van der Waals surface area contributed by atoms with Gasteiger partial charge in [0.05, 0.1) is 13.2 Å². The Kier molecular flexibility index (Phi) is 5.83. The molecule has 14 heteroatoms. The van der Waals surface area contributed by atoms with Crippen molar-refractivity contribution in [3.05, 3.63) is 52.6 Å². The second kappa shape index (κ2) is 8.15. The number of fused-ring (bicyclic) bond motifs is 1. The quantitative estimate of drug-likeness (QED) is 0.620. The van der Waals surface area contributed by atoms with E-state index < -0.39 is 49.5 Å². The van der Waals surface area contributed by atoms with Gasteiger partial charge in [-0.3, -0.25) is 13.6 Å². The van der Waals surface area contributed by atoms with Crippen molar-refractivity contribution >= 4 is 24.3 Å². The van der Waals surface area contributed by atoms with Gasteiger partial charge in [0.2, 0.25) is 0 Å². The number of alkyl halides is 3. The van der Waals surface area contributed by atoms with Crippen LogP contribution in [0.4, 0.5) is 19.0 Å². The Hall–Kier alpha value is -2.02. The Morgan fingerprint density at radius 1 is 1.42 bits per heavy atom. The van der Waals surface area contributed by atoms with E-state index >= 15 is 0 Å². The highest BCUT2D eigenvalue weighted by Crippen LogP contribution is 2.56. The predicted molar refractivity (Wildman–Crippen MR) is 105 cm³/mol. The summed E-state index contributed by atoms with van der Waals surface area (Å²) >= 11 is 5.22. The highest BCUT2D eigenvalue weighted by molar-refractivity contribution is 8.07. The van der Waals surface area contributed by atoms with Crippen LogP contribution in [0.25, 0.3) is 0 Å². The highest BCUT2D eigenvalue weighted by Gasteiger charge is 2.62. The van der Waals surface area contributed by atoms with E-state index in [1.54, 1.807) is 24.3 Å². The summed E-state index contributed by atoms with van der Waals surface area (Å²) in [6.07, 6.45) is -9.00. The Labute approximate surface area is 178 Å². The third kappa shape index (κ3) is 3.97. The van der Waals surface area contributed by atoms with Crippen molar-refractivity contribution in [1.82, 2.24) is 9.55 Å². The molecule has 0 amide bonds. The number of aromatic nitrogens is 2. The SMILES string of the molecule is Nc1ccn([C@@H]2O[C@@](COP3(=S)OCc4ccccc4O3)(C(F)F)[C@H](O)[C@H]2F)c(=O)n1. The summed E-state index contributed by atoms with van der Waals surface area (Å²) in [7, 11) is 0. The second-order valence-corrected chi connectivity index (χ2v) is 9.82. The van der Waals surface area contributed by atoms with E-state index in [1.165, 1.54) is 0 Å². The number of nitrogen functional groups attached to an aromatic ring is 1. The normalized spacial score (nSPS) is 32.6. The summed E-state index contributed by atoms with van der Waals surface area (Å²) in [5.74, 6) is 0.222. The van der Waals surface area contributed by atoms with Gasteiger partial charge in [-0.15, -0.1) is 0 Å². The third-order valence-electron chi connectivity index (χ3n) is 4.92. The van der Waals surface area contributed by atoms with Gasteiger partial charge >= 0.3 is 12.4 Å². The number of para-hydroxylation sites is 1. The number of aliphatic hydroxyl groups is 1. The average Bonchev–Trinajstić information content (AvgIpc) is 2.98. The van der Waals surface area contributed by atoms with Crippen LogP contribution >= 0.6 is 6.72 Å². The van der Waals surface area contributed by atoms with Crippen molar-refractivity contribution in [1.29, 1.82) is 0 Å². The van der Waals surface area contributed by atoms with Crippen molar-refractivity contribution in [2.45, 2.75) is 37.1 Å². The molecule has 0 saturated carbocycles. The number of benzene rings is 1. The summed E-state index contributed by atoms with van der Waals surface area (Å²) in [6.45, 7) is -4.56. The molecule has 0 bridgehead atoms. The lowest BCUT2D eigenvalue weighted by molar-refractivity contribution is -0.193. The van der Waals surface area contributed by atoms with Crippen molar-refractivity contribution in [3.8, 4) is 5.75 Å². The summed E-state index contributed by atoms with van der Waals surface area (Å²) in [5.41, 5.74) is 2.20. The number of aliphatic hydroxyl groups excluding tert-OH is 1. The standard InChI is InChI=1S/C17H17F3N3O6PS/c18-12-13(24)17(15(19)20,28-14(12)23-6-5-11(21)22-16(23)25)8-27-30(31)26-7-9-3-1-2-4-10(9)29-30/h1-6,12-15,24H,7-8H2,(H2,21,22,25)/t12-,13-,14-,17-,30?/m1/s1. The zero-order valence-corrected chi connectivity index (χ0v) is 17.3. The number of nitrogens with two attached hydrogens (primary N) is 1. The molecule has 9 nitrogen and oxygen atoms in total. The van der Waals surface area contributed by atoms with E-state index in [0.29, 0.717) is 15.9 Å². The van der Waals surface area contributed by atoms with Crippen LogP contribution in [-0.4, -0.2) is 45.6 Å². The van der Waals surface area contributed by atoms with Gasteiger partial charge in [0, 0.05) is 23.6 Å². The zero-order chi connectivity index (χ0) is 22.4. The van der Waals surface area contributed by atoms with Gasteiger partial charge < -0.3 is 20.1 Å². The van der Waals surface area contributed by atoms with Crippen LogP contribution in [0.2, 0.25) is 0 Å². The number of hydrogen-bond acceptors (Lipinski definition) is 9. The number of anilines is 1. The number of halogens is 3. The van der Waals surface area contributed by atoms with E-state index in [4.69, 9.17) is 35.8 Å². The summed E-state index contributed by atoms with van der Waals surface area (Å²) < 4.78 is 65.0. The Morgan fingerprint density at radius 3 is 2.87 bits per heavy atom. The molecule has 2 aromatic rings. The monoisotopic (exact) mass is 479 g/mol. The van der Waals surface area contributed by atoms with Crippen molar-refractivity contribution < 1.29 is 36.6 Å². The molecule has 168 valence electrons. The van der Waals surface area contributed by atoms with Crippen LogP contribution in [-0.2, 0) is 32.2 Å². The first-order valence-corrected chi connectivity index (χ1v) is 11.5. The topological polar surface area (TPSA) is 118 Å². The van der Waals surface area contributed by atoms with Crippen molar-refractivity contribution in [2.24, 2.45) is 0 Å². The average molecular weight is 479 g/mol. The van der Waals surface area contributed by atoms with Crippen LogP contribution in [0.1, 0.15) is 11.8 Å². The lowest BCUT2D eigenvalue weighted by atomic mass is 9.97. The Morgan fingerprint density at radius 2 is 2.16 bits per heavy atom. The summed E-state index contributed by atoms with van der Waals surface area (Å²) in [5, 5.41) is 10.3. The van der Waals surface area contributed by atoms with Crippen molar-refractivity contribution in [2.75, 3.05) is 12.3 Å². The van der Waals surface area contributed by atoms with Gasteiger partial charge in [-0.1, -0.05) is 18.2 Å². The molecule has 3 heterocycles. The fraction of sp³-hybridized carbons (Fsp3) is 0.412. The minimum absolute atomic E-state index is 0.0272. The highest BCUT2D eigenvalue weighted by atomic mass is 32.5. The maximum absolute atomic E-state index is 14.8. The Balaban J connectivity index is 1.58. The molecule has 0 aliphatic carbocycles. The number of hydrogen-bond donors (Lipinski definition) is 2. The first kappa shape index (κ1) is 22.2. The van der Waals surface area contributed by atoms with Gasteiger partial charge in [-0.2, -0.15) is 4.98 Å². The molecular formula is C17H17F3N3O6PS. The molecule has 5 atom stereocenters. The smallest absolute Gasteiger partial charge is 0.381 e. The molecular weight excluding hydrogens is 462 g/mol. The minimum atomic E-state index is -3.55. The van der Waals surface area contributed by atoms with Crippen LogP contribution in [0.5, 0.6) is 5.75 Å². The fourth-order valence-corrected chi connectivity index (χ4v) is 5.04. The maximum Gasteiger partial charge on any atom is 0.381 e. The number of rotatable bonds is 5. The Bertz CT molecular complexity index is 1090. The molecule has 0 radical (unpaired) electrons. The first-order chi connectivity index (χ1) is 14.7. The molecule has 1 aromatic heterocycles. The van der Waals surface area contributed by atoms with Crippen LogP contribution in [0.15, 0.2) is 41.3 Å². The molecule has 1 saturated heterocycles. The molecule has 31 heavy (non-hydrogen) atoms. The molecule has 0 spiro atoms. The van der Waals surface area contributed by atoms with Crippen LogP contribution in [0.3, 0.4) is 0 Å². The molecule has 1 fully saturated rings. The van der Waals surface area contributed by atoms with E-state index in [-0.39, 0.29) is 12.4 Å². The lowest BCUT2D eigenvalue weighted by Crippen LogP contribution is -2.52. The molecule has 1 aromatic carbocycles. The minimum Gasteiger partial charge on any atom is -0.424 e. The van der Waals surface area contributed by atoms with E-state index in [0.717, 1.165) is 12.3 Å². The largest absolute Gasteiger partial charge is 0.424 e. The molecule has 3 N–H and O–H groups in total. The van der Waals surface area contributed by atoms with E-state index in [9.17, 15) is 23.1 Å². The van der Waals surface area contributed by atoms with Gasteiger partial charge in [-0.25, -0.2) is 18.0 Å². The first-order valence-electron chi connectivity index (χ1n) is 8.94. The fourth-order valence-electron chi connectivity index (χ4n) is 3.23. The van der Waals surface area contributed by atoms with Gasteiger partial charge in [0.1, 0.15) is 17.7 Å². The van der Waals surface area contributed by atoms with Gasteiger partial charge in [0.25, 0.3) is 6.43 Å². The zero-order valence-electron chi connectivity index (χ0n) is 15.6. The van der Waals surface area contributed by atoms with Crippen LogP contribution < -0.4 is 15.9 Å². The molecule has 2 aliphatic heterocycles. The maximum atomic E-state index is 14.8.